The summed E-state index contributed by atoms with van der Waals surface area (Å²) in [6.45, 7) is 0. The Hall–Kier alpha value is -1.89. The number of rotatable bonds is 5. The van der Waals surface area contributed by atoms with Crippen LogP contribution in [-0.4, -0.2) is 27.0 Å². The van der Waals surface area contributed by atoms with E-state index in [-0.39, 0.29) is 22.4 Å². The van der Waals surface area contributed by atoms with E-state index in [9.17, 15) is 14.9 Å². The Kier molecular flexibility index (Phi) is 3.33. The molecule has 0 aromatic carbocycles. The molecule has 1 aliphatic carbocycles. The lowest BCUT2D eigenvalue weighted by Gasteiger charge is -2.13. The van der Waals surface area contributed by atoms with Crippen LogP contribution < -0.4 is 5.32 Å². The summed E-state index contributed by atoms with van der Waals surface area (Å²) in [4.78, 5) is 25.0. The Morgan fingerprint density at radius 3 is 2.83 bits per heavy atom. The lowest BCUT2D eigenvalue weighted by Crippen LogP contribution is -2.32. The second-order valence-electron chi connectivity index (χ2n) is 4.08. The highest BCUT2D eigenvalue weighted by Gasteiger charge is 2.37. The molecule has 0 radical (unpaired) electrons. The maximum atomic E-state index is 11.0. The van der Waals surface area contributed by atoms with E-state index in [4.69, 9.17) is 16.7 Å². The number of hydrogen-bond donors (Lipinski definition) is 2. The van der Waals surface area contributed by atoms with Crippen LogP contribution in [0.25, 0.3) is 0 Å². The number of nitrogens with zero attached hydrogens (tertiary/aromatic N) is 2. The fraction of sp³-hybridized carbons (Fsp3) is 0.400. The summed E-state index contributed by atoms with van der Waals surface area (Å²) in [6.07, 6.45) is 2.83. The van der Waals surface area contributed by atoms with Gasteiger partial charge in [0.2, 0.25) is 5.82 Å². The summed E-state index contributed by atoms with van der Waals surface area (Å²) in [5.41, 5.74) is -0.325. The lowest BCUT2D eigenvalue weighted by molar-refractivity contribution is -0.384. The van der Waals surface area contributed by atoms with Gasteiger partial charge in [-0.1, -0.05) is 11.6 Å². The van der Waals surface area contributed by atoms with Gasteiger partial charge >= 0.3 is 11.7 Å². The SMILES string of the molecule is O=C(O)C(Nc1ncc(Cl)cc1[N+](=O)[O-])C1CC1. The minimum atomic E-state index is -1.04. The third-order valence-corrected chi connectivity index (χ3v) is 2.89. The molecule has 1 aromatic rings. The van der Waals surface area contributed by atoms with Crippen LogP contribution in [0.2, 0.25) is 5.02 Å². The van der Waals surface area contributed by atoms with E-state index < -0.39 is 16.9 Å². The number of aliphatic carboxylic acids is 1. The van der Waals surface area contributed by atoms with Crippen molar-refractivity contribution in [3.8, 4) is 0 Å². The maximum Gasteiger partial charge on any atom is 0.326 e. The monoisotopic (exact) mass is 271 g/mol. The van der Waals surface area contributed by atoms with E-state index >= 15 is 0 Å². The summed E-state index contributed by atoms with van der Waals surface area (Å²) in [7, 11) is 0. The van der Waals surface area contributed by atoms with Gasteiger partial charge in [0.25, 0.3) is 0 Å². The first-order valence-corrected chi connectivity index (χ1v) is 5.66. The summed E-state index contributed by atoms with van der Waals surface area (Å²) in [5.74, 6) is -1.10. The van der Waals surface area contributed by atoms with Crippen LogP contribution in [0.4, 0.5) is 11.5 Å². The second kappa shape index (κ2) is 4.77. The molecule has 0 spiro atoms. The van der Waals surface area contributed by atoms with Gasteiger partial charge in [0, 0.05) is 12.3 Å². The second-order valence-corrected chi connectivity index (χ2v) is 4.51. The van der Waals surface area contributed by atoms with Crippen LogP contribution in [0.15, 0.2) is 12.3 Å². The number of carbonyl (C=O) groups is 1. The number of aromatic nitrogens is 1. The van der Waals surface area contributed by atoms with Crippen molar-refractivity contribution >= 4 is 29.1 Å². The predicted octanol–water partition coefficient (Wildman–Crippen LogP) is 1.92. The normalized spacial score (nSPS) is 16.1. The molecule has 96 valence electrons. The van der Waals surface area contributed by atoms with Gasteiger partial charge in [0.05, 0.1) is 9.95 Å². The number of hydrogen-bond acceptors (Lipinski definition) is 5. The summed E-state index contributed by atoms with van der Waals surface area (Å²) < 4.78 is 0. The van der Waals surface area contributed by atoms with Crippen LogP contribution in [0.5, 0.6) is 0 Å². The highest BCUT2D eigenvalue weighted by Crippen LogP contribution is 2.35. The number of carboxylic acid groups (broad SMARTS) is 1. The third-order valence-electron chi connectivity index (χ3n) is 2.68. The highest BCUT2D eigenvalue weighted by molar-refractivity contribution is 6.30. The molecule has 1 aromatic heterocycles. The van der Waals surface area contributed by atoms with Crippen molar-refractivity contribution in [2.75, 3.05) is 5.32 Å². The molecule has 0 amide bonds. The first-order chi connectivity index (χ1) is 8.49. The molecule has 1 unspecified atom stereocenters. The number of halogens is 1. The average Bonchev–Trinajstić information content (AvgIpc) is 3.10. The number of nitro groups is 1. The predicted molar refractivity (Wildman–Crippen MR) is 63.7 cm³/mol. The zero-order chi connectivity index (χ0) is 13.3. The molecule has 8 heteroatoms. The zero-order valence-corrected chi connectivity index (χ0v) is 9.92. The van der Waals surface area contributed by atoms with E-state index in [2.05, 4.69) is 10.3 Å². The number of pyridine rings is 1. The van der Waals surface area contributed by atoms with E-state index in [0.717, 1.165) is 18.9 Å². The molecule has 7 nitrogen and oxygen atoms in total. The van der Waals surface area contributed by atoms with Crippen LogP contribution in [-0.2, 0) is 4.79 Å². The van der Waals surface area contributed by atoms with Gasteiger partial charge < -0.3 is 10.4 Å². The van der Waals surface area contributed by atoms with E-state index in [1.54, 1.807) is 0 Å². The average molecular weight is 272 g/mol. The zero-order valence-electron chi connectivity index (χ0n) is 9.17. The van der Waals surface area contributed by atoms with E-state index in [0.29, 0.717) is 0 Å². The Bertz CT molecular complexity index is 504. The van der Waals surface area contributed by atoms with Crippen molar-refractivity contribution in [3.05, 3.63) is 27.4 Å². The Morgan fingerprint density at radius 1 is 1.67 bits per heavy atom. The quantitative estimate of drug-likeness (QED) is 0.626. The minimum Gasteiger partial charge on any atom is -0.480 e. The fourth-order valence-corrected chi connectivity index (χ4v) is 1.79. The minimum absolute atomic E-state index is 0.000387. The van der Waals surface area contributed by atoms with Gasteiger partial charge in [0.1, 0.15) is 6.04 Å². The molecule has 0 saturated heterocycles. The molecule has 0 bridgehead atoms. The Balaban J connectivity index is 2.27. The Labute approximate surface area is 107 Å². The molecule has 18 heavy (non-hydrogen) atoms. The van der Waals surface area contributed by atoms with E-state index in [1.807, 2.05) is 0 Å². The van der Waals surface area contributed by atoms with Gasteiger partial charge in [-0.15, -0.1) is 0 Å². The van der Waals surface area contributed by atoms with Crippen LogP contribution >= 0.6 is 11.6 Å². The standard InChI is InChI=1S/C10H10ClN3O4/c11-6-3-7(14(17)18)9(12-4-6)13-8(10(15)16)5-1-2-5/h3-5,8H,1-2H2,(H,12,13)(H,15,16). The van der Waals surface area contributed by atoms with Crippen LogP contribution in [0.3, 0.4) is 0 Å². The number of carboxylic acids is 1. The third kappa shape index (κ3) is 2.67. The Morgan fingerprint density at radius 2 is 2.33 bits per heavy atom. The molecule has 1 fully saturated rings. The van der Waals surface area contributed by atoms with Crippen molar-refractivity contribution in [1.29, 1.82) is 0 Å². The summed E-state index contributed by atoms with van der Waals surface area (Å²) in [5, 5.41) is 22.6. The van der Waals surface area contributed by atoms with Crippen molar-refractivity contribution < 1.29 is 14.8 Å². The topological polar surface area (TPSA) is 105 Å². The maximum absolute atomic E-state index is 11.0. The molecule has 1 saturated carbocycles. The molecule has 0 aliphatic heterocycles. The largest absolute Gasteiger partial charge is 0.480 e. The lowest BCUT2D eigenvalue weighted by atomic mass is 10.2. The number of anilines is 1. The van der Waals surface area contributed by atoms with Crippen molar-refractivity contribution in [3.63, 3.8) is 0 Å². The highest BCUT2D eigenvalue weighted by atomic mass is 35.5. The molecule has 1 aliphatic rings. The molecule has 1 heterocycles. The van der Waals surface area contributed by atoms with Gasteiger partial charge in [-0.25, -0.2) is 9.78 Å². The van der Waals surface area contributed by atoms with Crippen LogP contribution in [0, 0.1) is 16.0 Å². The van der Waals surface area contributed by atoms with Crippen molar-refractivity contribution in [2.24, 2.45) is 5.92 Å². The summed E-state index contributed by atoms with van der Waals surface area (Å²) >= 11 is 5.62. The fourth-order valence-electron chi connectivity index (χ4n) is 1.64. The molecular weight excluding hydrogens is 262 g/mol. The summed E-state index contributed by atoms with van der Waals surface area (Å²) in [6, 6.07) is 0.292. The first-order valence-electron chi connectivity index (χ1n) is 5.28. The molecule has 1 atom stereocenters. The van der Waals surface area contributed by atoms with Gasteiger partial charge in [-0.2, -0.15) is 0 Å². The van der Waals surface area contributed by atoms with E-state index in [1.165, 1.54) is 6.20 Å². The molecular formula is C10H10ClN3O4. The van der Waals surface area contributed by atoms with Gasteiger partial charge in [-0.05, 0) is 18.8 Å². The smallest absolute Gasteiger partial charge is 0.326 e. The molecule has 2 rings (SSSR count). The van der Waals surface area contributed by atoms with Gasteiger partial charge in [-0.3, -0.25) is 10.1 Å². The number of nitrogens with one attached hydrogen (secondary N) is 1. The first kappa shape index (κ1) is 12.6. The van der Waals surface area contributed by atoms with Crippen molar-refractivity contribution in [2.45, 2.75) is 18.9 Å². The van der Waals surface area contributed by atoms with Crippen molar-refractivity contribution in [1.82, 2.24) is 4.98 Å². The van der Waals surface area contributed by atoms with Gasteiger partial charge in [0.15, 0.2) is 0 Å². The molecule has 2 N–H and O–H groups in total. The van der Waals surface area contributed by atoms with Crippen LogP contribution in [0.1, 0.15) is 12.8 Å².